The van der Waals surface area contributed by atoms with Gasteiger partial charge >= 0.3 is 0 Å². The number of hydrogen-bond donors (Lipinski definition) is 1. The molecule has 40 valence electrons. The Morgan fingerprint density at radius 2 is 2.38 bits per heavy atom. The fourth-order valence-electron chi connectivity index (χ4n) is 0.456. The minimum atomic E-state index is 0.257. The molecule has 2 nitrogen and oxygen atoms in total. The second-order valence-corrected chi connectivity index (χ2v) is 1.66. The lowest BCUT2D eigenvalue weighted by atomic mass is 9.97. The van der Waals surface area contributed by atoms with E-state index < -0.39 is 0 Å². The smallest absolute Gasteiger partial charge is 0.144 e. The lowest BCUT2D eigenvalue weighted by Crippen LogP contribution is -2.01. The first-order chi connectivity index (χ1) is 3.80. The molecule has 1 aromatic heterocycles. The van der Waals surface area contributed by atoms with Gasteiger partial charge in [0.2, 0.25) is 0 Å². The van der Waals surface area contributed by atoms with Crippen LogP contribution >= 0.6 is 0 Å². The number of rotatable bonds is 0. The summed E-state index contributed by atoms with van der Waals surface area (Å²) >= 11 is 0. The van der Waals surface area contributed by atoms with Gasteiger partial charge in [-0.2, -0.15) is 0 Å². The molecule has 0 radical (unpaired) electrons. The molecule has 1 rings (SSSR count). The first kappa shape index (κ1) is 5.16. The van der Waals surface area contributed by atoms with Crippen LogP contribution in [0.1, 0.15) is 0 Å². The van der Waals surface area contributed by atoms with Crippen LogP contribution in [0.3, 0.4) is 0 Å². The largest absolute Gasteiger partial charge is 0.507 e. The fraction of sp³-hybridized carbons (Fsp3) is 0. The Morgan fingerprint density at radius 1 is 1.62 bits per heavy atom. The van der Waals surface area contributed by atoms with E-state index >= 15 is 0 Å². The van der Waals surface area contributed by atoms with Crippen LogP contribution in [0.5, 0.6) is 5.75 Å². The first-order valence-electron chi connectivity index (χ1n) is 2.40. The molecule has 0 unspecified atom stereocenters. The van der Waals surface area contributed by atoms with Gasteiger partial charge in [-0.25, -0.2) is 0 Å². The monoisotopic (exact) mass is 107 g/mol. The molecule has 0 aliphatic heterocycles. The van der Waals surface area contributed by atoms with Gasteiger partial charge in [0, 0.05) is 6.20 Å². The lowest BCUT2D eigenvalue weighted by molar-refractivity contribution is 0.477. The van der Waals surface area contributed by atoms with E-state index in [1.165, 1.54) is 6.20 Å². The molecular formula is C5H6BNO. The van der Waals surface area contributed by atoms with Gasteiger partial charge < -0.3 is 5.11 Å². The minimum Gasteiger partial charge on any atom is -0.507 e. The van der Waals surface area contributed by atoms with Crippen molar-refractivity contribution in [3.8, 4) is 5.75 Å². The molecule has 0 spiro atoms. The van der Waals surface area contributed by atoms with Gasteiger partial charge in [-0.1, -0.05) is 0 Å². The van der Waals surface area contributed by atoms with Crippen LogP contribution in [0.15, 0.2) is 18.5 Å². The van der Waals surface area contributed by atoms with Crippen LogP contribution < -0.4 is 5.46 Å². The van der Waals surface area contributed by atoms with Gasteiger partial charge in [0.05, 0.1) is 6.20 Å². The summed E-state index contributed by atoms with van der Waals surface area (Å²) in [6, 6.07) is 1.76. The predicted molar refractivity (Wildman–Crippen MR) is 34.1 cm³/mol. The van der Waals surface area contributed by atoms with Crippen LogP contribution in [0.4, 0.5) is 0 Å². The summed E-state index contributed by atoms with van der Waals surface area (Å²) in [6.45, 7) is 0. The van der Waals surface area contributed by atoms with Crippen LogP contribution in [0.25, 0.3) is 0 Å². The molecular weight excluding hydrogens is 101 g/mol. The van der Waals surface area contributed by atoms with Crippen molar-refractivity contribution in [2.45, 2.75) is 0 Å². The normalized spacial score (nSPS) is 9.00. The molecule has 1 aromatic rings. The molecule has 3 heteroatoms. The number of hydrogen-bond acceptors (Lipinski definition) is 2. The van der Waals surface area contributed by atoms with E-state index in [1.807, 2.05) is 7.85 Å². The van der Waals surface area contributed by atoms with Gasteiger partial charge in [0.25, 0.3) is 0 Å². The van der Waals surface area contributed by atoms with Crippen LogP contribution in [0, 0.1) is 0 Å². The Balaban J connectivity index is 3.13. The fourth-order valence-corrected chi connectivity index (χ4v) is 0.456. The van der Waals surface area contributed by atoms with E-state index in [9.17, 15) is 0 Å². The van der Waals surface area contributed by atoms with Gasteiger partial charge in [-0.05, 0) is 11.5 Å². The summed E-state index contributed by atoms with van der Waals surface area (Å²) in [7, 11) is 1.83. The number of nitrogens with zero attached hydrogens (tertiary/aromatic N) is 1. The molecule has 1 heterocycles. The second kappa shape index (κ2) is 1.86. The van der Waals surface area contributed by atoms with Crippen molar-refractivity contribution >= 4 is 13.3 Å². The highest BCUT2D eigenvalue weighted by Crippen LogP contribution is 1.95. The lowest BCUT2D eigenvalue weighted by Gasteiger charge is -1.91. The molecule has 0 atom stereocenters. The summed E-state index contributed by atoms with van der Waals surface area (Å²) in [5, 5.41) is 8.86. The highest BCUT2D eigenvalue weighted by atomic mass is 16.3. The summed E-state index contributed by atoms with van der Waals surface area (Å²) in [6.07, 6.45) is 3.07. The second-order valence-electron chi connectivity index (χ2n) is 1.66. The number of pyridine rings is 1. The Labute approximate surface area is 48.6 Å². The maximum absolute atomic E-state index is 8.86. The van der Waals surface area contributed by atoms with E-state index in [0.717, 1.165) is 5.46 Å². The van der Waals surface area contributed by atoms with Crippen molar-refractivity contribution in [1.29, 1.82) is 0 Å². The third-order valence-corrected chi connectivity index (χ3v) is 1.01. The summed E-state index contributed by atoms with van der Waals surface area (Å²) in [4.78, 5) is 3.70. The zero-order valence-corrected chi connectivity index (χ0v) is 4.63. The zero-order chi connectivity index (χ0) is 5.98. The summed E-state index contributed by atoms with van der Waals surface area (Å²) in [5.41, 5.74) is 0.861. The Bertz CT molecular complexity index is 169. The summed E-state index contributed by atoms with van der Waals surface area (Å²) in [5.74, 6) is 0.257. The topological polar surface area (TPSA) is 33.1 Å². The molecule has 8 heavy (non-hydrogen) atoms. The summed E-state index contributed by atoms with van der Waals surface area (Å²) < 4.78 is 0. The van der Waals surface area contributed by atoms with E-state index in [4.69, 9.17) is 5.11 Å². The minimum absolute atomic E-state index is 0.257. The molecule has 0 aromatic carbocycles. The zero-order valence-electron chi connectivity index (χ0n) is 4.63. The Morgan fingerprint density at radius 3 is 2.75 bits per heavy atom. The third kappa shape index (κ3) is 0.806. The molecule has 0 aliphatic rings. The van der Waals surface area contributed by atoms with Gasteiger partial charge in [-0.15, -0.1) is 0 Å². The predicted octanol–water partition coefficient (Wildman–Crippen LogP) is -0.954. The molecule has 0 amide bonds. The van der Waals surface area contributed by atoms with Crippen molar-refractivity contribution in [2.24, 2.45) is 0 Å². The van der Waals surface area contributed by atoms with Crippen molar-refractivity contribution in [3.63, 3.8) is 0 Å². The van der Waals surface area contributed by atoms with E-state index in [1.54, 1.807) is 12.3 Å². The van der Waals surface area contributed by atoms with Gasteiger partial charge in [0.1, 0.15) is 13.6 Å². The molecule has 0 saturated heterocycles. The Hall–Kier alpha value is -0.985. The standard InChI is InChI=1S/C5H6BNO/c6-4-1-2-7-3-5(4)8/h1-3,8H,6H2. The highest BCUT2D eigenvalue weighted by Gasteiger charge is 1.88. The van der Waals surface area contributed by atoms with Crippen molar-refractivity contribution in [3.05, 3.63) is 18.5 Å². The SMILES string of the molecule is Bc1ccncc1O. The van der Waals surface area contributed by atoms with Gasteiger partial charge in [-0.3, -0.25) is 4.98 Å². The van der Waals surface area contributed by atoms with E-state index in [2.05, 4.69) is 4.98 Å². The van der Waals surface area contributed by atoms with Crippen molar-refractivity contribution in [2.75, 3.05) is 0 Å². The average Bonchev–Trinajstić information content (AvgIpc) is 1.77. The van der Waals surface area contributed by atoms with Crippen molar-refractivity contribution < 1.29 is 5.11 Å². The van der Waals surface area contributed by atoms with Crippen LogP contribution in [0.2, 0.25) is 0 Å². The highest BCUT2D eigenvalue weighted by molar-refractivity contribution is 6.34. The molecule has 0 bridgehead atoms. The number of aromatic nitrogens is 1. The van der Waals surface area contributed by atoms with Gasteiger partial charge in [0.15, 0.2) is 0 Å². The molecule has 1 N–H and O–H groups in total. The first-order valence-corrected chi connectivity index (χ1v) is 2.40. The molecule has 0 saturated carbocycles. The quantitative estimate of drug-likeness (QED) is 0.433. The molecule has 0 aliphatic carbocycles. The number of aromatic hydroxyl groups is 1. The maximum Gasteiger partial charge on any atom is 0.144 e. The Kier molecular flexibility index (Phi) is 1.20. The van der Waals surface area contributed by atoms with Crippen LogP contribution in [-0.2, 0) is 0 Å². The maximum atomic E-state index is 8.86. The van der Waals surface area contributed by atoms with E-state index in [0.29, 0.717) is 0 Å². The van der Waals surface area contributed by atoms with E-state index in [-0.39, 0.29) is 5.75 Å². The third-order valence-electron chi connectivity index (χ3n) is 1.01. The van der Waals surface area contributed by atoms with Crippen LogP contribution in [-0.4, -0.2) is 17.9 Å². The van der Waals surface area contributed by atoms with Crippen molar-refractivity contribution in [1.82, 2.24) is 4.98 Å². The molecule has 0 fully saturated rings. The average molecular weight is 107 g/mol.